The van der Waals surface area contributed by atoms with Crippen molar-refractivity contribution in [2.75, 3.05) is 46.3 Å². The zero-order chi connectivity index (χ0) is 14.0. The zero-order valence-corrected chi connectivity index (χ0v) is 15.3. The lowest BCUT2D eigenvalue weighted by Crippen LogP contribution is -2.49. The van der Waals surface area contributed by atoms with E-state index in [4.69, 9.17) is 0 Å². The first-order chi connectivity index (χ1) is 9.69. The molecule has 3 rings (SSSR count). The Kier molecular flexibility index (Phi) is 7.93. The maximum Gasteiger partial charge on any atom is 0.225 e. The summed E-state index contributed by atoms with van der Waals surface area (Å²) in [7, 11) is 2.16. The summed E-state index contributed by atoms with van der Waals surface area (Å²) in [5.74, 6) is 0.746. The van der Waals surface area contributed by atoms with Crippen LogP contribution in [0.15, 0.2) is 0 Å². The molecule has 0 aliphatic carbocycles. The van der Waals surface area contributed by atoms with E-state index >= 15 is 0 Å². The SMILES string of the molecule is CN1CCC(C(=O)N2CCC3(CCNCC3)CC2)CC1.Cl.Cl. The van der Waals surface area contributed by atoms with Crippen molar-refractivity contribution in [3.05, 3.63) is 0 Å². The molecule has 130 valence electrons. The van der Waals surface area contributed by atoms with E-state index in [2.05, 4.69) is 22.2 Å². The van der Waals surface area contributed by atoms with Crippen LogP contribution < -0.4 is 5.32 Å². The van der Waals surface area contributed by atoms with Gasteiger partial charge in [0.05, 0.1) is 0 Å². The molecule has 6 heteroatoms. The van der Waals surface area contributed by atoms with Gasteiger partial charge in [0.1, 0.15) is 0 Å². The molecule has 3 heterocycles. The van der Waals surface area contributed by atoms with Gasteiger partial charge in [0.15, 0.2) is 0 Å². The molecule has 0 atom stereocenters. The van der Waals surface area contributed by atoms with Crippen molar-refractivity contribution in [1.82, 2.24) is 15.1 Å². The minimum absolute atomic E-state index is 0. The van der Waals surface area contributed by atoms with Crippen molar-refractivity contribution in [3.63, 3.8) is 0 Å². The molecule has 0 bridgehead atoms. The number of hydrogen-bond donors (Lipinski definition) is 1. The third-order valence-electron chi connectivity index (χ3n) is 5.87. The number of amides is 1. The predicted octanol–water partition coefficient (Wildman–Crippen LogP) is 2.16. The summed E-state index contributed by atoms with van der Waals surface area (Å²) in [4.78, 5) is 17.1. The van der Waals surface area contributed by atoms with E-state index in [0.29, 0.717) is 17.2 Å². The van der Waals surface area contributed by atoms with Gasteiger partial charge in [-0.2, -0.15) is 0 Å². The second-order valence-corrected chi connectivity index (χ2v) is 7.15. The van der Waals surface area contributed by atoms with Crippen molar-refractivity contribution >= 4 is 30.7 Å². The molecule has 0 aromatic rings. The molecule has 3 fully saturated rings. The minimum atomic E-state index is 0. The van der Waals surface area contributed by atoms with Gasteiger partial charge in [-0.15, -0.1) is 24.8 Å². The number of hydrogen-bond acceptors (Lipinski definition) is 3. The van der Waals surface area contributed by atoms with Crippen LogP contribution in [0.4, 0.5) is 0 Å². The Morgan fingerprint density at radius 3 is 2.05 bits per heavy atom. The number of carbonyl (C=O) groups excluding carboxylic acids is 1. The molecule has 3 saturated heterocycles. The summed E-state index contributed by atoms with van der Waals surface area (Å²) in [6, 6.07) is 0. The van der Waals surface area contributed by atoms with Gasteiger partial charge >= 0.3 is 0 Å². The molecule has 0 saturated carbocycles. The van der Waals surface area contributed by atoms with E-state index in [-0.39, 0.29) is 24.8 Å². The molecular weight excluding hydrogens is 321 g/mol. The average Bonchev–Trinajstić information content (AvgIpc) is 2.49. The summed E-state index contributed by atoms with van der Waals surface area (Å²) in [5, 5.41) is 3.46. The number of halogens is 2. The first-order valence-corrected chi connectivity index (χ1v) is 8.37. The third kappa shape index (κ3) is 4.50. The van der Waals surface area contributed by atoms with Gasteiger partial charge in [-0.1, -0.05) is 0 Å². The number of nitrogens with one attached hydrogen (secondary N) is 1. The summed E-state index contributed by atoms with van der Waals surface area (Å²) in [6.07, 6.45) is 7.19. The number of nitrogens with zero attached hydrogens (tertiary/aromatic N) is 2. The monoisotopic (exact) mass is 351 g/mol. The number of rotatable bonds is 1. The number of carbonyl (C=O) groups is 1. The van der Waals surface area contributed by atoms with Crippen LogP contribution in [0, 0.1) is 11.3 Å². The standard InChI is InChI=1S/C16H29N3O.2ClH/c1-18-10-2-14(3-11-18)15(20)19-12-6-16(7-13-19)4-8-17-9-5-16;;/h14,17H,2-13H2,1H3;2*1H. The molecule has 1 spiro atoms. The van der Waals surface area contributed by atoms with Crippen LogP contribution in [0.3, 0.4) is 0 Å². The predicted molar refractivity (Wildman–Crippen MR) is 95.1 cm³/mol. The highest BCUT2D eigenvalue weighted by molar-refractivity contribution is 5.85. The molecule has 1 amide bonds. The Labute approximate surface area is 147 Å². The second kappa shape index (κ2) is 8.72. The molecule has 22 heavy (non-hydrogen) atoms. The topological polar surface area (TPSA) is 35.6 Å². The molecule has 0 unspecified atom stereocenters. The van der Waals surface area contributed by atoms with Crippen LogP contribution in [-0.4, -0.2) is 62.0 Å². The molecule has 1 N–H and O–H groups in total. The van der Waals surface area contributed by atoms with Gasteiger partial charge in [-0.05, 0) is 77.2 Å². The fourth-order valence-electron chi connectivity index (χ4n) is 4.17. The van der Waals surface area contributed by atoms with Crippen molar-refractivity contribution in [3.8, 4) is 0 Å². The Hall–Kier alpha value is -0.0300. The van der Waals surface area contributed by atoms with Crippen LogP contribution in [0.5, 0.6) is 0 Å². The van der Waals surface area contributed by atoms with Crippen LogP contribution in [0.25, 0.3) is 0 Å². The van der Waals surface area contributed by atoms with E-state index in [1.165, 1.54) is 38.8 Å². The maximum atomic E-state index is 12.6. The average molecular weight is 352 g/mol. The second-order valence-electron chi connectivity index (χ2n) is 7.15. The van der Waals surface area contributed by atoms with Gasteiger partial charge in [0.25, 0.3) is 0 Å². The lowest BCUT2D eigenvalue weighted by atomic mass is 9.71. The zero-order valence-electron chi connectivity index (χ0n) is 13.7. The van der Waals surface area contributed by atoms with E-state index in [9.17, 15) is 4.79 Å². The van der Waals surface area contributed by atoms with Crippen LogP contribution in [0.1, 0.15) is 38.5 Å². The van der Waals surface area contributed by atoms with Gasteiger partial charge in [-0.3, -0.25) is 4.79 Å². The summed E-state index contributed by atoms with van der Waals surface area (Å²) in [5.41, 5.74) is 0.550. The highest BCUT2D eigenvalue weighted by atomic mass is 35.5. The van der Waals surface area contributed by atoms with Gasteiger partial charge in [0.2, 0.25) is 5.91 Å². The molecular formula is C16H31Cl2N3O. The molecule has 0 aromatic heterocycles. The van der Waals surface area contributed by atoms with Gasteiger partial charge in [-0.25, -0.2) is 0 Å². The Morgan fingerprint density at radius 2 is 1.50 bits per heavy atom. The molecule has 0 aromatic carbocycles. The third-order valence-corrected chi connectivity index (χ3v) is 5.87. The summed E-state index contributed by atoms with van der Waals surface area (Å²) < 4.78 is 0. The van der Waals surface area contributed by atoms with Crippen LogP contribution >= 0.6 is 24.8 Å². The Morgan fingerprint density at radius 1 is 0.955 bits per heavy atom. The fraction of sp³-hybridized carbons (Fsp3) is 0.938. The summed E-state index contributed by atoms with van der Waals surface area (Å²) in [6.45, 7) is 6.52. The highest BCUT2D eigenvalue weighted by Gasteiger charge is 2.38. The van der Waals surface area contributed by atoms with Crippen molar-refractivity contribution in [1.29, 1.82) is 0 Å². The molecule has 3 aliphatic heterocycles. The minimum Gasteiger partial charge on any atom is -0.342 e. The fourth-order valence-corrected chi connectivity index (χ4v) is 4.17. The first-order valence-electron chi connectivity index (χ1n) is 8.37. The quantitative estimate of drug-likeness (QED) is 0.786. The smallest absolute Gasteiger partial charge is 0.225 e. The largest absolute Gasteiger partial charge is 0.342 e. The van der Waals surface area contributed by atoms with Crippen molar-refractivity contribution in [2.24, 2.45) is 11.3 Å². The van der Waals surface area contributed by atoms with E-state index in [1.54, 1.807) is 0 Å². The Bertz CT molecular complexity index is 343. The van der Waals surface area contributed by atoms with E-state index in [1.807, 2.05) is 0 Å². The lowest BCUT2D eigenvalue weighted by molar-refractivity contribution is -0.139. The normalized spacial score (nSPS) is 26.1. The molecule has 0 radical (unpaired) electrons. The van der Waals surface area contributed by atoms with Crippen LogP contribution in [-0.2, 0) is 4.79 Å². The molecule has 3 aliphatic rings. The highest BCUT2D eigenvalue weighted by Crippen LogP contribution is 2.39. The van der Waals surface area contributed by atoms with Crippen LogP contribution in [0.2, 0.25) is 0 Å². The first kappa shape index (κ1) is 20.0. The summed E-state index contributed by atoms with van der Waals surface area (Å²) >= 11 is 0. The van der Waals surface area contributed by atoms with Crippen molar-refractivity contribution in [2.45, 2.75) is 38.5 Å². The maximum absolute atomic E-state index is 12.6. The number of piperidine rings is 3. The van der Waals surface area contributed by atoms with Gasteiger partial charge in [0, 0.05) is 19.0 Å². The Balaban J connectivity index is 0.00000121. The van der Waals surface area contributed by atoms with E-state index < -0.39 is 0 Å². The van der Waals surface area contributed by atoms with Crippen molar-refractivity contribution < 1.29 is 4.79 Å². The number of likely N-dealkylation sites (tertiary alicyclic amines) is 2. The molecule has 4 nitrogen and oxygen atoms in total. The lowest BCUT2D eigenvalue weighted by Gasteiger charge is -2.45. The van der Waals surface area contributed by atoms with Gasteiger partial charge < -0.3 is 15.1 Å². The van der Waals surface area contributed by atoms with E-state index in [0.717, 1.165) is 39.0 Å².